The molecule has 0 aliphatic heterocycles. The van der Waals surface area contributed by atoms with Gasteiger partial charge in [0.15, 0.2) is 0 Å². The number of hydrogen-bond acceptors (Lipinski definition) is 4. The number of carboxylic acid groups (broad SMARTS) is 1. The van der Waals surface area contributed by atoms with Crippen molar-refractivity contribution in [3.05, 3.63) is 0 Å². The van der Waals surface area contributed by atoms with Gasteiger partial charge < -0.3 is 15.3 Å². The van der Waals surface area contributed by atoms with E-state index in [9.17, 15) is 9.59 Å². The van der Waals surface area contributed by atoms with Crippen LogP contribution in [0.5, 0.6) is 0 Å². The Bertz CT molecular complexity index is 231. The fourth-order valence-electron chi connectivity index (χ4n) is 1.19. The maximum absolute atomic E-state index is 11.0. The highest BCUT2D eigenvalue weighted by Crippen LogP contribution is 1.93. The second-order valence-corrected chi connectivity index (χ2v) is 3.90. The molecule has 0 saturated carbocycles. The highest BCUT2D eigenvalue weighted by atomic mass is 16.4. The fourth-order valence-corrected chi connectivity index (χ4v) is 1.19. The fraction of sp³-hybridized carbons (Fsp3) is 0.800. The number of carboxylic acids is 1. The zero-order valence-electron chi connectivity index (χ0n) is 10.2. The van der Waals surface area contributed by atoms with Crippen molar-refractivity contribution in [3.8, 4) is 0 Å². The molecule has 0 radical (unpaired) electrons. The van der Waals surface area contributed by atoms with Gasteiger partial charge in [-0.25, -0.2) is 0 Å². The van der Waals surface area contributed by atoms with Crippen LogP contribution in [0.3, 0.4) is 0 Å². The van der Waals surface area contributed by atoms with Gasteiger partial charge in [-0.05, 0) is 14.1 Å². The summed E-state index contributed by atoms with van der Waals surface area (Å²) in [5.74, 6) is -0.934. The summed E-state index contributed by atoms with van der Waals surface area (Å²) < 4.78 is 0. The van der Waals surface area contributed by atoms with Crippen LogP contribution in [0.1, 0.15) is 6.42 Å². The Labute approximate surface area is 96.2 Å². The number of hydrogen-bond donors (Lipinski definition) is 2. The zero-order chi connectivity index (χ0) is 12.6. The van der Waals surface area contributed by atoms with E-state index in [1.165, 1.54) is 0 Å². The van der Waals surface area contributed by atoms with Crippen LogP contribution >= 0.6 is 0 Å². The van der Waals surface area contributed by atoms with E-state index in [1.54, 1.807) is 11.9 Å². The van der Waals surface area contributed by atoms with Crippen molar-refractivity contribution in [2.75, 3.05) is 47.3 Å². The van der Waals surface area contributed by atoms with Crippen molar-refractivity contribution in [1.29, 1.82) is 0 Å². The minimum atomic E-state index is -0.865. The lowest BCUT2D eigenvalue weighted by Gasteiger charge is -2.21. The third-order valence-electron chi connectivity index (χ3n) is 2.16. The molecule has 0 bridgehead atoms. The summed E-state index contributed by atoms with van der Waals surface area (Å²) >= 11 is 0. The number of carbonyl (C=O) groups is 2. The van der Waals surface area contributed by atoms with Crippen molar-refractivity contribution in [1.82, 2.24) is 15.1 Å². The molecule has 94 valence electrons. The number of amides is 1. The van der Waals surface area contributed by atoms with E-state index < -0.39 is 5.97 Å². The number of likely N-dealkylation sites (N-methyl/N-ethyl adjacent to an activating group) is 1. The molecular weight excluding hydrogens is 210 g/mol. The summed E-state index contributed by atoms with van der Waals surface area (Å²) in [6.45, 7) is 1.88. The van der Waals surface area contributed by atoms with E-state index in [0.717, 1.165) is 6.54 Å². The predicted molar refractivity (Wildman–Crippen MR) is 61.3 cm³/mol. The lowest BCUT2D eigenvalue weighted by molar-refractivity contribution is -0.138. The molecule has 1 amide bonds. The molecular formula is C10H21N3O3. The van der Waals surface area contributed by atoms with Gasteiger partial charge in [0.1, 0.15) is 0 Å². The van der Waals surface area contributed by atoms with Gasteiger partial charge >= 0.3 is 5.97 Å². The van der Waals surface area contributed by atoms with Crippen LogP contribution in [0.2, 0.25) is 0 Å². The van der Waals surface area contributed by atoms with Gasteiger partial charge in [0.25, 0.3) is 0 Å². The average molecular weight is 231 g/mol. The van der Waals surface area contributed by atoms with Crippen molar-refractivity contribution in [2.24, 2.45) is 0 Å². The van der Waals surface area contributed by atoms with Gasteiger partial charge in [-0.15, -0.1) is 0 Å². The lowest BCUT2D eigenvalue weighted by atomic mass is 10.3. The first-order chi connectivity index (χ1) is 7.45. The van der Waals surface area contributed by atoms with Crippen LogP contribution in [-0.2, 0) is 9.59 Å². The van der Waals surface area contributed by atoms with Crippen molar-refractivity contribution in [3.63, 3.8) is 0 Å². The molecule has 0 rings (SSSR count). The van der Waals surface area contributed by atoms with Gasteiger partial charge in [0, 0.05) is 33.1 Å². The molecule has 2 N–H and O–H groups in total. The van der Waals surface area contributed by atoms with E-state index in [1.807, 2.05) is 19.0 Å². The minimum Gasteiger partial charge on any atom is -0.480 e. The molecule has 0 aliphatic carbocycles. The van der Waals surface area contributed by atoms with Gasteiger partial charge in [-0.1, -0.05) is 0 Å². The van der Waals surface area contributed by atoms with E-state index in [-0.39, 0.29) is 12.5 Å². The third-order valence-corrected chi connectivity index (χ3v) is 2.16. The van der Waals surface area contributed by atoms with E-state index in [0.29, 0.717) is 19.5 Å². The maximum atomic E-state index is 11.0. The molecule has 0 spiro atoms. The van der Waals surface area contributed by atoms with Gasteiger partial charge in [0.05, 0.1) is 6.54 Å². The molecule has 0 heterocycles. The first-order valence-electron chi connectivity index (χ1n) is 5.25. The second-order valence-electron chi connectivity index (χ2n) is 3.90. The number of nitrogens with one attached hydrogen (secondary N) is 1. The monoisotopic (exact) mass is 231 g/mol. The zero-order valence-corrected chi connectivity index (χ0v) is 10.2. The molecule has 0 unspecified atom stereocenters. The first-order valence-corrected chi connectivity index (χ1v) is 5.25. The van der Waals surface area contributed by atoms with Crippen LogP contribution in [0.25, 0.3) is 0 Å². The smallest absolute Gasteiger partial charge is 0.317 e. The average Bonchev–Trinajstić information content (AvgIpc) is 2.20. The van der Waals surface area contributed by atoms with E-state index >= 15 is 0 Å². The van der Waals surface area contributed by atoms with Crippen LogP contribution < -0.4 is 5.32 Å². The Kier molecular flexibility index (Phi) is 7.49. The molecule has 6 nitrogen and oxygen atoms in total. The van der Waals surface area contributed by atoms with E-state index in [2.05, 4.69) is 5.32 Å². The Morgan fingerprint density at radius 2 is 1.81 bits per heavy atom. The highest BCUT2D eigenvalue weighted by Gasteiger charge is 2.11. The SMILES string of the molecule is CNC(=O)CCN(CCN(C)C)CC(=O)O. The van der Waals surface area contributed by atoms with Gasteiger partial charge in [-0.2, -0.15) is 0 Å². The summed E-state index contributed by atoms with van der Waals surface area (Å²) in [6, 6.07) is 0. The maximum Gasteiger partial charge on any atom is 0.317 e. The summed E-state index contributed by atoms with van der Waals surface area (Å²) in [7, 11) is 5.43. The Morgan fingerprint density at radius 3 is 2.25 bits per heavy atom. The summed E-state index contributed by atoms with van der Waals surface area (Å²) in [4.78, 5) is 25.4. The van der Waals surface area contributed by atoms with Crippen LogP contribution in [0, 0.1) is 0 Å². The van der Waals surface area contributed by atoms with Crippen molar-refractivity contribution in [2.45, 2.75) is 6.42 Å². The largest absolute Gasteiger partial charge is 0.480 e. The third kappa shape index (κ3) is 8.19. The summed E-state index contributed by atoms with van der Waals surface area (Å²) in [6.07, 6.45) is 0.331. The Balaban J connectivity index is 3.99. The highest BCUT2D eigenvalue weighted by molar-refractivity contribution is 5.75. The molecule has 0 aromatic carbocycles. The molecule has 6 heteroatoms. The quantitative estimate of drug-likeness (QED) is 0.565. The number of carbonyl (C=O) groups excluding carboxylic acids is 1. The van der Waals surface area contributed by atoms with E-state index in [4.69, 9.17) is 5.11 Å². The number of aliphatic carboxylic acids is 1. The van der Waals surface area contributed by atoms with Crippen LogP contribution in [-0.4, -0.2) is 74.1 Å². The van der Waals surface area contributed by atoms with Gasteiger partial charge in [0.2, 0.25) is 5.91 Å². The van der Waals surface area contributed by atoms with Crippen molar-refractivity contribution < 1.29 is 14.7 Å². The predicted octanol–water partition coefficient (Wildman–Crippen LogP) is -0.929. The molecule has 0 aromatic rings. The molecule has 0 fully saturated rings. The second kappa shape index (κ2) is 8.06. The normalized spacial score (nSPS) is 10.8. The standard InChI is InChI=1S/C10H21N3O3/c1-11-9(14)4-5-13(8-10(15)16)7-6-12(2)3/h4-8H2,1-3H3,(H,11,14)(H,15,16). The molecule has 16 heavy (non-hydrogen) atoms. The molecule has 0 aliphatic rings. The molecule has 0 saturated heterocycles. The topological polar surface area (TPSA) is 72.9 Å². The number of nitrogens with zero attached hydrogens (tertiary/aromatic N) is 2. The Hall–Kier alpha value is -1.14. The minimum absolute atomic E-state index is 0.0230. The van der Waals surface area contributed by atoms with Crippen molar-refractivity contribution >= 4 is 11.9 Å². The van der Waals surface area contributed by atoms with Crippen LogP contribution in [0.4, 0.5) is 0 Å². The molecule has 0 atom stereocenters. The molecule has 0 aromatic heterocycles. The van der Waals surface area contributed by atoms with Crippen LogP contribution in [0.15, 0.2) is 0 Å². The number of rotatable bonds is 8. The first kappa shape index (κ1) is 14.9. The lowest BCUT2D eigenvalue weighted by Crippen LogP contribution is -2.37. The summed E-state index contributed by atoms with van der Waals surface area (Å²) in [5.41, 5.74) is 0. The Morgan fingerprint density at radius 1 is 1.19 bits per heavy atom. The van der Waals surface area contributed by atoms with Gasteiger partial charge in [-0.3, -0.25) is 14.5 Å². The summed E-state index contributed by atoms with van der Waals surface area (Å²) in [5, 5.41) is 11.2.